The van der Waals surface area contributed by atoms with Crippen molar-refractivity contribution < 1.29 is 14.3 Å². The van der Waals surface area contributed by atoms with Crippen LogP contribution in [0.4, 0.5) is 5.13 Å². The van der Waals surface area contributed by atoms with Gasteiger partial charge in [-0.25, -0.2) is 4.98 Å². The van der Waals surface area contributed by atoms with Gasteiger partial charge in [-0.15, -0.1) is 11.3 Å². The fraction of sp³-hybridized carbons (Fsp3) is 0.607. The van der Waals surface area contributed by atoms with Crippen LogP contribution >= 0.6 is 11.3 Å². The Kier molecular flexibility index (Phi) is 6.30. The third kappa shape index (κ3) is 3.98. The van der Waals surface area contributed by atoms with E-state index in [9.17, 15) is 9.59 Å². The van der Waals surface area contributed by atoms with E-state index in [4.69, 9.17) is 4.74 Å². The summed E-state index contributed by atoms with van der Waals surface area (Å²) in [5, 5.41) is 3.61. The van der Waals surface area contributed by atoms with Crippen LogP contribution < -0.4 is 10.1 Å². The van der Waals surface area contributed by atoms with Gasteiger partial charge in [0, 0.05) is 29.3 Å². The third-order valence-corrected chi connectivity index (χ3v) is 9.79. The standard InChI is InChI=1S/C28H36N2O3S/c1-5-17-12-22-18(13-23(17)33-4)6-8-21-20(22)10-11-28(3)24(31)14-19(26(21)28)7-9-25(32)30-27-29-15-16(2)34-27/h12-13,15,19-21,26H,5-11,14H2,1-4H3,(H,29,30,32). The van der Waals surface area contributed by atoms with Crippen molar-refractivity contribution in [2.24, 2.45) is 23.2 Å². The highest BCUT2D eigenvalue weighted by molar-refractivity contribution is 7.15. The van der Waals surface area contributed by atoms with Gasteiger partial charge in [0.15, 0.2) is 5.13 Å². The van der Waals surface area contributed by atoms with Crippen LogP contribution in [0.15, 0.2) is 18.3 Å². The van der Waals surface area contributed by atoms with Crippen LogP contribution in [0.3, 0.4) is 0 Å². The topological polar surface area (TPSA) is 68.3 Å². The maximum atomic E-state index is 13.3. The molecule has 182 valence electrons. The van der Waals surface area contributed by atoms with Crippen LogP contribution in [-0.4, -0.2) is 23.8 Å². The van der Waals surface area contributed by atoms with E-state index in [1.54, 1.807) is 13.3 Å². The van der Waals surface area contributed by atoms with Crippen LogP contribution in [0.2, 0.25) is 0 Å². The lowest BCUT2D eigenvalue weighted by Crippen LogP contribution is -2.44. The summed E-state index contributed by atoms with van der Waals surface area (Å²) < 4.78 is 5.67. The number of Topliss-reactive ketones (excluding diaryl/α,β-unsaturated/α-hetero) is 1. The number of ketones is 1. The number of nitrogens with one attached hydrogen (secondary N) is 1. The Morgan fingerprint density at radius 3 is 2.85 bits per heavy atom. The highest BCUT2D eigenvalue weighted by Crippen LogP contribution is 2.62. The van der Waals surface area contributed by atoms with Crippen LogP contribution in [0.25, 0.3) is 0 Å². The Bertz CT molecular complexity index is 1110. The van der Waals surface area contributed by atoms with E-state index < -0.39 is 0 Å². The van der Waals surface area contributed by atoms with Gasteiger partial charge in [-0.1, -0.05) is 19.9 Å². The molecule has 2 aromatic rings. The van der Waals surface area contributed by atoms with Gasteiger partial charge in [-0.2, -0.15) is 0 Å². The maximum absolute atomic E-state index is 13.3. The summed E-state index contributed by atoms with van der Waals surface area (Å²) in [5.41, 5.74) is 3.97. The number of fused-ring (bicyclic) bond motifs is 5. The number of hydrogen-bond donors (Lipinski definition) is 1. The molecule has 6 heteroatoms. The van der Waals surface area contributed by atoms with Crippen LogP contribution in [0, 0.1) is 30.1 Å². The summed E-state index contributed by atoms with van der Waals surface area (Å²) in [6.07, 6.45) is 8.83. The minimum absolute atomic E-state index is 0.0106. The second-order valence-electron chi connectivity index (χ2n) is 10.8. The molecule has 1 aromatic heterocycles. The lowest BCUT2D eigenvalue weighted by molar-refractivity contribution is -0.129. The minimum atomic E-state index is -0.230. The monoisotopic (exact) mass is 480 g/mol. The van der Waals surface area contributed by atoms with Gasteiger partial charge in [-0.05, 0) is 91.9 Å². The molecule has 0 aliphatic heterocycles. The molecule has 0 spiro atoms. The number of aryl methyl sites for hydroxylation is 3. The molecular formula is C28H36N2O3S. The number of anilines is 1. The Hall–Kier alpha value is -2.21. The number of ether oxygens (including phenoxy) is 1. The number of nitrogens with zero attached hydrogens (tertiary/aromatic N) is 1. The average Bonchev–Trinajstić information content (AvgIpc) is 3.35. The van der Waals surface area contributed by atoms with E-state index in [2.05, 4.69) is 36.3 Å². The van der Waals surface area contributed by atoms with Crippen molar-refractivity contribution in [1.82, 2.24) is 4.98 Å². The van der Waals surface area contributed by atoms with Gasteiger partial charge in [0.1, 0.15) is 11.5 Å². The summed E-state index contributed by atoms with van der Waals surface area (Å²) in [7, 11) is 1.76. The van der Waals surface area contributed by atoms with Gasteiger partial charge < -0.3 is 10.1 Å². The van der Waals surface area contributed by atoms with Gasteiger partial charge in [0.05, 0.1) is 7.11 Å². The first-order chi connectivity index (χ1) is 16.3. The Morgan fingerprint density at radius 1 is 1.32 bits per heavy atom. The van der Waals surface area contributed by atoms with Crippen LogP contribution in [-0.2, 0) is 22.4 Å². The lowest BCUT2D eigenvalue weighted by atomic mass is 9.54. The van der Waals surface area contributed by atoms with E-state index in [-0.39, 0.29) is 11.3 Å². The number of methoxy groups -OCH3 is 1. The van der Waals surface area contributed by atoms with Crippen molar-refractivity contribution in [3.8, 4) is 5.75 Å². The predicted octanol–water partition coefficient (Wildman–Crippen LogP) is 6.09. The van der Waals surface area contributed by atoms with Gasteiger partial charge in [-0.3, -0.25) is 9.59 Å². The second-order valence-corrected chi connectivity index (χ2v) is 12.0. The molecule has 1 heterocycles. The van der Waals surface area contributed by atoms with Crippen LogP contribution in [0.5, 0.6) is 5.75 Å². The Morgan fingerprint density at radius 2 is 2.15 bits per heavy atom. The van der Waals surface area contributed by atoms with Gasteiger partial charge in [0.2, 0.25) is 5.91 Å². The zero-order valence-corrected chi connectivity index (χ0v) is 21.6. The third-order valence-electron chi connectivity index (χ3n) is 8.96. The number of amides is 1. The Labute approximate surface area is 206 Å². The Balaban J connectivity index is 1.36. The molecule has 1 N–H and O–H groups in total. The molecule has 3 aliphatic carbocycles. The van der Waals surface area contributed by atoms with E-state index in [0.717, 1.165) is 49.2 Å². The van der Waals surface area contributed by atoms with Gasteiger partial charge >= 0.3 is 0 Å². The number of aromatic nitrogens is 1. The molecule has 0 saturated heterocycles. The van der Waals surface area contributed by atoms with Crippen molar-refractivity contribution in [3.63, 3.8) is 0 Å². The van der Waals surface area contributed by atoms with E-state index in [1.807, 2.05) is 6.92 Å². The fourth-order valence-corrected chi connectivity index (χ4v) is 8.03. The molecule has 0 bridgehead atoms. The first-order valence-electron chi connectivity index (χ1n) is 12.8. The summed E-state index contributed by atoms with van der Waals surface area (Å²) in [5.74, 6) is 3.14. The number of carbonyl (C=O) groups is 2. The van der Waals surface area contributed by atoms with Crippen molar-refractivity contribution >= 4 is 28.2 Å². The van der Waals surface area contributed by atoms with Crippen LogP contribution in [0.1, 0.15) is 79.9 Å². The molecule has 5 rings (SSSR count). The molecule has 34 heavy (non-hydrogen) atoms. The first-order valence-corrected chi connectivity index (χ1v) is 13.6. The van der Waals surface area contributed by atoms with E-state index in [0.29, 0.717) is 47.4 Å². The molecule has 5 unspecified atom stereocenters. The highest BCUT2D eigenvalue weighted by Gasteiger charge is 2.58. The minimum Gasteiger partial charge on any atom is -0.496 e. The summed E-state index contributed by atoms with van der Waals surface area (Å²) in [4.78, 5) is 31.2. The number of thiazole rings is 1. The number of hydrogen-bond acceptors (Lipinski definition) is 5. The van der Waals surface area contributed by atoms with Gasteiger partial charge in [0.25, 0.3) is 0 Å². The smallest absolute Gasteiger partial charge is 0.226 e. The molecular weight excluding hydrogens is 444 g/mol. The summed E-state index contributed by atoms with van der Waals surface area (Å²) in [6.45, 7) is 6.39. The predicted molar refractivity (Wildman–Crippen MR) is 136 cm³/mol. The quantitative estimate of drug-likeness (QED) is 0.543. The SMILES string of the molecule is CCc1cc2c(cc1OC)CCC1C2CCC2(C)C(=O)CC(CCC(=O)Nc3ncc(C)s3)C12. The molecule has 3 aliphatic rings. The largest absolute Gasteiger partial charge is 0.496 e. The molecule has 5 atom stereocenters. The number of rotatable bonds is 6. The summed E-state index contributed by atoms with van der Waals surface area (Å²) >= 11 is 1.50. The lowest BCUT2D eigenvalue weighted by Gasteiger charge is -2.50. The zero-order chi connectivity index (χ0) is 24.0. The number of benzene rings is 1. The molecule has 2 fully saturated rings. The summed E-state index contributed by atoms with van der Waals surface area (Å²) in [6, 6.07) is 4.66. The molecule has 5 nitrogen and oxygen atoms in total. The average molecular weight is 481 g/mol. The van der Waals surface area contributed by atoms with E-state index >= 15 is 0 Å². The normalized spacial score (nSPS) is 29.8. The molecule has 1 amide bonds. The first kappa shape index (κ1) is 23.5. The van der Waals surface area contributed by atoms with E-state index in [1.165, 1.54) is 28.0 Å². The number of carbonyl (C=O) groups excluding carboxylic acids is 2. The van der Waals surface area contributed by atoms with Crippen molar-refractivity contribution in [2.75, 3.05) is 12.4 Å². The highest BCUT2D eigenvalue weighted by atomic mass is 32.1. The van der Waals surface area contributed by atoms with Crippen molar-refractivity contribution in [2.45, 2.75) is 78.1 Å². The van der Waals surface area contributed by atoms with Crippen molar-refractivity contribution in [1.29, 1.82) is 0 Å². The van der Waals surface area contributed by atoms with Crippen molar-refractivity contribution in [3.05, 3.63) is 39.9 Å². The maximum Gasteiger partial charge on any atom is 0.226 e. The second kappa shape index (κ2) is 9.10. The zero-order valence-electron chi connectivity index (χ0n) is 20.8. The molecule has 2 saturated carbocycles. The fourth-order valence-electron chi connectivity index (χ4n) is 7.35. The molecule has 0 radical (unpaired) electrons. The molecule has 1 aromatic carbocycles.